The van der Waals surface area contributed by atoms with Gasteiger partial charge in [-0.15, -0.1) is 0 Å². The highest BCUT2D eigenvalue weighted by molar-refractivity contribution is 4.90. The standard InChI is InChI=1S/C8H17NO6/c10-2-1-9-8-7(14)6(13)5(12)4(3-11)15-8/h4-14H,1-3H2/t4-,5-,6+,7-,8-/m1/s1. The van der Waals surface area contributed by atoms with Crippen molar-refractivity contribution in [2.45, 2.75) is 30.6 Å². The molecule has 1 rings (SSSR count). The number of nitrogens with one attached hydrogen (secondary N) is 1. The minimum Gasteiger partial charge on any atom is -0.395 e. The summed E-state index contributed by atoms with van der Waals surface area (Å²) in [6, 6.07) is 0. The van der Waals surface area contributed by atoms with Crippen molar-refractivity contribution in [3.63, 3.8) is 0 Å². The lowest BCUT2D eigenvalue weighted by Crippen LogP contribution is -2.62. The first-order chi connectivity index (χ1) is 7.11. The van der Waals surface area contributed by atoms with Crippen molar-refractivity contribution in [2.75, 3.05) is 19.8 Å². The van der Waals surface area contributed by atoms with Crippen LogP contribution in [0.25, 0.3) is 0 Å². The summed E-state index contributed by atoms with van der Waals surface area (Å²) in [6.45, 7) is -0.417. The number of ether oxygens (including phenoxy) is 1. The average Bonchev–Trinajstić information content (AvgIpc) is 2.25. The van der Waals surface area contributed by atoms with E-state index in [2.05, 4.69) is 5.32 Å². The van der Waals surface area contributed by atoms with Gasteiger partial charge in [0.05, 0.1) is 13.2 Å². The Morgan fingerprint density at radius 2 is 1.67 bits per heavy atom. The van der Waals surface area contributed by atoms with Crippen LogP contribution in [0.4, 0.5) is 0 Å². The van der Waals surface area contributed by atoms with Crippen LogP contribution in [0.1, 0.15) is 0 Å². The maximum atomic E-state index is 9.49. The van der Waals surface area contributed by atoms with Gasteiger partial charge in [0, 0.05) is 6.54 Å². The van der Waals surface area contributed by atoms with Crippen molar-refractivity contribution in [1.29, 1.82) is 0 Å². The SMILES string of the molecule is OCCN[C@@H]1O[C@H](CO)[C@@H](O)[C@H](O)[C@H]1O. The molecular formula is C8H17NO6. The lowest BCUT2D eigenvalue weighted by atomic mass is 9.98. The molecule has 1 heterocycles. The Morgan fingerprint density at radius 3 is 2.20 bits per heavy atom. The number of aliphatic hydroxyl groups excluding tert-OH is 5. The smallest absolute Gasteiger partial charge is 0.137 e. The zero-order valence-corrected chi connectivity index (χ0v) is 8.15. The van der Waals surface area contributed by atoms with Crippen molar-refractivity contribution in [3.8, 4) is 0 Å². The van der Waals surface area contributed by atoms with Crippen LogP contribution in [0.15, 0.2) is 0 Å². The zero-order valence-electron chi connectivity index (χ0n) is 8.15. The minimum absolute atomic E-state index is 0.144. The number of hydrogen-bond acceptors (Lipinski definition) is 7. The second-order valence-electron chi connectivity index (χ2n) is 3.43. The van der Waals surface area contributed by atoms with Gasteiger partial charge in [0.25, 0.3) is 0 Å². The van der Waals surface area contributed by atoms with Crippen LogP contribution in [-0.4, -0.2) is 75.9 Å². The first-order valence-electron chi connectivity index (χ1n) is 4.76. The third-order valence-electron chi connectivity index (χ3n) is 2.35. The fourth-order valence-electron chi connectivity index (χ4n) is 1.48. The van der Waals surface area contributed by atoms with Gasteiger partial charge in [0.15, 0.2) is 0 Å². The highest BCUT2D eigenvalue weighted by Gasteiger charge is 2.42. The van der Waals surface area contributed by atoms with Crippen LogP contribution in [0, 0.1) is 0 Å². The summed E-state index contributed by atoms with van der Waals surface area (Å²) in [4.78, 5) is 0. The van der Waals surface area contributed by atoms with E-state index in [0.29, 0.717) is 0 Å². The normalized spacial score (nSPS) is 41.8. The van der Waals surface area contributed by atoms with Crippen LogP contribution in [0.5, 0.6) is 0 Å². The molecular weight excluding hydrogens is 206 g/mol. The number of hydrogen-bond donors (Lipinski definition) is 6. The van der Waals surface area contributed by atoms with E-state index >= 15 is 0 Å². The van der Waals surface area contributed by atoms with Gasteiger partial charge in [0.2, 0.25) is 0 Å². The molecule has 1 fully saturated rings. The van der Waals surface area contributed by atoms with Gasteiger partial charge in [-0.25, -0.2) is 0 Å². The van der Waals surface area contributed by atoms with Crippen LogP contribution in [0.3, 0.4) is 0 Å². The van der Waals surface area contributed by atoms with E-state index in [1.807, 2.05) is 0 Å². The molecule has 0 bridgehead atoms. The molecule has 6 N–H and O–H groups in total. The highest BCUT2D eigenvalue weighted by atomic mass is 16.6. The number of rotatable bonds is 4. The van der Waals surface area contributed by atoms with Crippen LogP contribution < -0.4 is 5.32 Å². The lowest BCUT2D eigenvalue weighted by molar-refractivity contribution is -0.236. The predicted molar refractivity (Wildman–Crippen MR) is 48.9 cm³/mol. The van der Waals surface area contributed by atoms with Crippen molar-refractivity contribution >= 4 is 0 Å². The summed E-state index contributed by atoms with van der Waals surface area (Å²) in [6.07, 6.45) is -5.86. The second kappa shape index (κ2) is 5.71. The fourth-order valence-corrected chi connectivity index (χ4v) is 1.48. The predicted octanol–water partition coefficient (Wildman–Crippen LogP) is -3.63. The molecule has 0 spiro atoms. The van der Waals surface area contributed by atoms with E-state index < -0.39 is 37.3 Å². The molecule has 0 aromatic rings. The molecule has 7 heteroatoms. The molecule has 0 amide bonds. The Kier molecular flexibility index (Phi) is 4.87. The Labute approximate surface area is 86.9 Å². The molecule has 1 aliphatic heterocycles. The van der Waals surface area contributed by atoms with E-state index in [1.165, 1.54) is 0 Å². The summed E-state index contributed by atoms with van der Waals surface area (Å²) in [5.74, 6) is 0. The van der Waals surface area contributed by atoms with E-state index in [1.54, 1.807) is 0 Å². The first-order valence-corrected chi connectivity index (χ1v) is 4.76. The summed E-state index contributed by atoms with van der Waals surface area (Å²) < 4.78 is 5.10. The van der Waals surface area contributed by atoms with E-state index in [4.69, 9.17) is 14.9 Å². The minimum atomic E-state index is -1.38. The van der Waals surface area contributed by atoms with Crippen molar-refractivity contribution in [3.05, 3.63) is 0 Å². The van der Waals surface area contributed by atoms with Gasteiger partial charge in [0.1, 0.15) is 30.6 Å². The monoisotopic (exact) mass is 223 g/mol. The largest absolute Gasteiger partial charge is 0.395 e. The number of aliphatic hydroxyl groups is 5. The molecule has 15 heavy (non-hydrogen) atoms. The van der Waals surface area contributed by atoms with Crippen LogP contribution in [-0.2, 0) is 4.74 Å². The summed E-state index contributed by atoms with van der Waals surface area (Å²) in [5, 5.41) is 48.3. The maximum Gasteiger partial charge on any atom is 0.137 e. The highest BCUT2D eigenvalue weighted by Crippen LogP contribution is 2.19. The van der Waals surface area contributed by atoms with Gasteiger partial charge < -0.3 is 30.3 Å². The van der Waals surface area contributed by atoms with Gasteiger partial charge in [-0.3, -0.25) is 5.32 Å². The van der Waals surface area contributed by atoms with Gasteiger partial charge in [-0.05, 0) is 0 Å². The zero-order chi connectivity index (χ0) is 11.4. The van der Waals surface area contributed by atoms with E-state index in [-0.39, 0.29) is 13.2 Å². The second-order valence-corrected chi connectivity index (χ2v) is 3.43. The van der Waals surface area contributed by atoms with Crippen molar-refractivity contribution < 1.29 is 30.3 Å². The van der Waals surface area contributed by atoms with Crippen LogP contribution in [0.2, 0.25) is 0 Å². The molecule has 0 aliphatic carbocycles. The van der Waals surface area contributed by atoms with Crippen LogP contribution >= 0.6 is 0 Å². The first kappa shape index (κ1) is 12.8. The molecule has 5 atom stereocenters. The molecule has 0 saturated carbocycles. The Bertz CT molecular complexity index is 190. The van der Waals surface area contributed by atoms with Crippen molar-refractivity contribution in [1.82, 2.24) is 5.32 Å². The summed E-state index contributed by atoms with van der Waals surface area (Å²) >= 11 is 0. The quantitative estimate of drug-likeness (QED) is 0.291. The van der Waals surface area contributed by atoms with Gasteiger partial charge in [-0.1, -0.05) is 0 Å². The van der Waals surface area contributed by atoms with Crippen molar-refractivity contribution in [2.24, 2.45) is 0 Å². The molecule has 0 aromatic heterocycles. The Balaban J connectivity index is 2.57. The molecule has 7 nitrogen and oxygen atoms in total. The molecule has 0 unspecified atom stereocenters. The maximum absolute atomic E-state index is 9.49. The molecule has 1 saturated heterocycles. The molecule has 90 valence electrons. The molecule has 1 aliphatic rings. The topological polar surface area (TPSA) is 122 Å². The van der Waals surface area contributed by atoms with E-state index in [9.17, 15) is 15.3 Å². The third-order valence-corrected chi connectivity index (χ3v) is 2.35. The average molecular weight is 223 g/mol. The third kappa shape index (κ3) is 2.85. The molecule has 0 radical (unpaired) electrons. The Morgan fingerprint density at radius 1 is 1.00 bits per heavy atom. The van der Waals surface area contributed by atoms with E-state index in [0.717, 1.165) is 0 Å². The van der Waals surface area contributed by atoms with Gasteiger partial charge in [-0.2, -0.15) is 0 Å². The summed E-state index contributed by atoms with van der Waals surface area (Å²) in [7, 11) is 0. The Hall–Kier alpha value is -0.280. The van der Waals surface area contributed by atoms with Gasteiger partial charge >= 0.3 is 0 Å². The molecule has 0 aromatic carbocycles. The fraction of sp³-hybridized carbons (Fsp3) is 1.00. The lowest BCUT2D eigenvalue weighted by Gasteiger charge is -2.40. The summed E-state index contributed by atoms with van der Waals surface area (Å²) in [5.41, 5.74) is 0.